The van der Waals surface area contributed by atoms with Crippen LogP contribution in [0.5, 0.6) is 0 Å². The molecule has 0 aliphatic carbocycles. The molecule has 0 spiro atoms. The van der Waals surface area contributed by atoms with Gasteiger partial charge in [-0.05, 0) is 26.3 Å². The van der Waals surface area contributed by atoms with Gasteiger partial charge in [-0.3, -0.25) is 9.59 Å². The molecule has 0 aromatic heterocycles. The molecule has 1 aromatic carbocycles. The van der Waals surface area contributed by atoms with Crippen LogP contribution < -0.4 is 5.32 Å². The van der Waals surface area contributed by atoms with Gasteiger partial charge in [0.2, 0.25) is 5.91 Å². The Hall–Kier alpha value is -2.28. The number of hydrogen-bond acceptors (Lipinski definition) is 2. The molecule has 0 saturated carbocycles. The Morgan fingerprint density at radius 2 is 1.90 bits per heavy atom. The zero-order valence-corrected chi connectivity index (χ0v) is 12.6. The van der Waals surface area contributed by atoms with Crippen molar-refractivity contribution in [2.24, 2.45) is 0 Å². The molecule has 4 heteroatoms. The molecule has 1 fully saturated rings. The van der Waals surface area contributed by atoms with Crippen LogP contribution in [0.25, 0.3) is 0 Å². The highest BCUT2D eigenvalue weighted by Gasteiger charge is 2.45. The standard InChI is InChI=1S/C17H20N2O2/c1-5-16(2,3)19-12-11-14(20)18-17(4,15(19)21)13-9-7-6-8-10-13/h1,6-10H,11-12H2,2-4H3,(H,18,20). The molecule has 110 valence electrons. The Bertz CT molecular complexity index is 601. The van der Waals surface area contributed by atoms with Crippen LogP contribution >= 0.6 is 0 Å². The summed E-state index contributed by atoms with van der Waals surface area (Å²) in [6, 6.07) is 9.25. The first-order valence-corrected chi connectivity index (χ1v) is 6.97. The molecule has 1 N–H and O–H groups in total. The van der Waals surface area contributed by atoms with E-state index in [-0.39, 0.29) is 18.2 Å². The number of rotatable bonds is 2. The number of terminal acetylenes is 1. The van der Waals surface area contributed by atoms with Crippen LogP contribution in [0.3, 0.4) is 0 Å². The van der Waals surface area contributed by atoms with Crippen molar-refractivity contribution in [1.82, 2.24) is 10.2 Å². The van der Waals surface area contributed by atoms with Gasteiger partial charge in [0.15, 0.2) is 0 Å². The smallest absolute Gasteiger partial charge is 0.253 e. The van der Waals surface area contributed by atoms with Gasteiger partial charge >= 0.3 is 0 Å². The SMILES string of the molecule is C#CC(C)(C)N1CCC(=O)NC(C)(c2ccccc2)C1=O. The van der Waals surface area contributed by atoms with Gasteiger partial charge in [0.25, 0.3) is 5.91 Å². The lowest BCUT2D eigenvalue weighted by Gasteiger charge is -2.39. The van der Waals surface area contributed by atoms with E-state index in [0.717, 1.165) is 5.56 Å². The van der Waals surface area contributed by atoms with Gasteiger partial charge < -0.3 is 10.2 Å². The van der Waals surface area contributed by atoms with Crippen molar-refractivity contribution in [2.45, 2.75) is 38.3 Å². The molecule has 1 aliphatic rings. The van der Waals surface area contributed by atoms with E-state index in [9.17, 15) is 9.59 Å². The van der Waals surface area contributed by atoms with Gasteiger partial charge in [0.1, 0.15) is 5.54 Å². The molecule has 0 radical (unpaired) electrons. The van der Waals surface area contributed by atoms with Crippen molar-refractivity contribution < 1.29 is 9.59 Å². The van der Waals surface area contributed by atoms with Crippen LogP contribution in [0.4, 0.5) is 0 Å². The topological polar surface area (TPSA) is 49.4 Å². The zero-order chi connectivity index (χ0) is 15.7. The first kappa shape index (κ1) is 15.1. The van der Waals surface area contributed by atoms with E-state index in [1.807, 2.05) is 44.2 Å². The molecule has 1 heterocycles. The Labute approximate surface area is 125 Å². The summed E-state index contributed by atoms with van der Waals surface area (Å²) in [5.74, 6) is 2.31. The quantitative estimate of drug-likeness (QED) is 0.840. The summed E-state index contributed by atoms with van der Waals surface area (Å²) in [4.78, 5) is 26.7. The van der Waals surface area contributed by atoms with Crippen LogP contribution in [0.2, 0.25) is 0 Å². The van der Waals surface area contributed by atoms with E-state index < -0.39 is 11.1 Å². The highest BCUT2D eigenvalue weighted by molar-refractivity contribution is 5.94. The third-order valence-corrected chi connectivity index (χ3v) is 4.00. The average Bonchev–Trinajstić information content (AvgIpc) is 2.58. The Morgan fingerprint density at radius 3 is 2.48 bits per heavy atom. The number of carbonyl (C=O) groups is 2. The van der Waals surface area contributed by atoms with Crippen LogP contribution in [0.1, 0.15) is 32.8 Å². The van der Waals surface area contributed by atoms with Crippen LogP contribution in [-0.4, -0.2) is 28.8 Å². The number of amides is 2. The lowest BCUT2D eigenvalue weighted by Crippen LogP contribution is -2.57. The summed E-state index contributed by atoms with van der Waals surface area (Å²) >= 11 is 0. The molecular weight excluding hydrogens is 264 g/mol. The lowest BCUT2D eigenvalue weighted by molar-refractivity contribution is -0.141. The largest absolute Gasteiger partial charge is 0.338 e. The molecular formula is C17H20N2O2. The van der Waals surface area contributed by atoms with Gasteiger partial charge in [0, 0.05) is 13.0 Å². The molecule has 1 unspecified atom stereocenters. The van der Waals surface area contributed by atoms with Crippen molar-refractivity contribution in [3.8, 4) is 12.3 Å². The minimum Gasteiger partial charge on any atom is -0.338 e. The number of carbonyl (C=O) groups excluding carboxylic acids is 2. The second-order valence-electron chi connectivity index (χ2n) is 5.95. The summed E-state index contributed by atoms with van der Waals surface area (Å²) in [5, 5.41) is 2.85. The van der Waals surface area contributed by atoms with E-state index in [1.165, 1.54) is 0 Å². The number of nitrogens with one attached hydrogen (secondary N) is 1. The van der Waals surface area contributed by atoms with E-state index in [4.69, 9.17) is 6.42 Å². The molecule has 21 heavy (non-hydrogen) atoms. The van der Waals surface area contributed by atoms with Crippen molar-refractivity contribution >= 4 is 11.8 Å². The third kappa shape index (κ3) is 2.64. The number of benzene rings is 1. The highest BCUT2D eigenvalue weighted by Crippen LogP contribution is 2.29. The maximum absolute atomic E-state index is 13.0. The molecule has 4 nitrogen and oxygen atoms in total. The third-order valence-electron chi connectivity index (χ3n) is 4.00. The Balaban J connectivity index is 2.51. The molecule has 2 rings (SSSR count). The van der Waals surface area contributed by atoms with Crippen molar-refractivity contribution in [3.05, 3.63) is 35.9 Å². The minimum absolute atomic E-state index is 0.148. The van der Waals surface area contributed by atoms with Gasteiger partial charge in [-0.25, -0.2) is 0 Å². The van der Waals surface area contributed by atoms with Gasteiger partial charge in [0.05, 0.1) is 5.54 Å². The summed E-state index contributed by atoms with van der Waals surface area (Å²) in [5.41, 5.74) is -1.08. The lowest BCUT2D eigenvalue weighted by atomic mass is 9.89. The van der Waals surface area contributed by atoms with Crippen LogP contribution in [0, 0.1) is 12.3 Å². The van der Waals surface area contributed by atoms with E-state index in [2.05, 4.69) is 11.2 Å². The maximum atomic E-state index is 13.0. The Morgan fingerprint density at radius 1 is 1.29 bits per heavy atom. The molecule has 2 amide bonds. The van der Waals surface area contributed by atoms with Gasteiger partial charge in [-0.15, -0.1) is 6.42 Å². The molecule has 1 saturated heterocycles. The normalized spacial score (nSPS) is 23.2. The molecule has 0 bridgehead atoms. The predicted octanol–water partition coefficient (Wildman–Crippen LogP) is 1.66. The summed E-state index contributed by atoms with van der Waals surface area (Å²) in [7, 11) is 0. The van der Waals surface area contributed by atoms with Crippen molar-refractivity contribution in [2.75, 3.05) is 6.54 Å². The fourth-order valence-corrected chi connectivity index (χ4v) is 2.56. The summed E-state index contributed by atoms with van der Waals surface area (Å²) in [6.45, 7) is 5.68. The van der Waals surface area contributed by atoms with Crippen molar-refractivity contribution in [3.63, 3.8) is 0 Å². The van der Waals surface area contributed by atoms with Crippen molar-refractivity contribution in [1.29, 1.82) is 0 Å². The predicted molar refractivity (Wildman–Crippen MR) is 81.2 cm³/mol. The number of hydrogen-bond donors (Lipinski definition) is 1. The second-order valence-corrected chi connectivity index (χ2v) is 5.95. The van der Waals surface area contributed by atoms with E-state index >= 15 is 0 Å². The first-order valence-electron chi connectivity index (χ1n) is 6.97. The minimum atomic E-state index is -1.09. The highest BCUT2D eigenvalue weighted by atomic mass is 16.2. The average molecular weight is 284 g/mol. The van der Waals surface area contributed by atoms with Crippen LogP contribution in [0.15, 0.2) is 30.3 Å². The van der Waals surface area contributed by atoms with Gasteiger partial charge in [-0.2, -0.15) is 0 Å². The zero-order valence-electron chi connectivity index (χ0n) is 12.6. The monoisotopic (exact) mass is 284 g/mol. The number of nitrogens with zero attached hydrogens (tertiary/aromatic N) is 1. The molecule has 1 atom stereocenters. The summed E-state index contributed by atoms with van der Waals surface area (Å²) < 4.78 is 0. The molecule has 1 aliphatic heterocycles. The van der Waals surface area contributed by atoms with E-state index in [1.54, 1.807) is 11.8 Å². The Kier molecular flexibility index (Phi) is 3.78. The first-order chi connectivity index (χ1) is 9.81. The van der Waals surface area contributed by atoms with Crippen LogP contribution in [-0.2, 0) is 15.1 Å². The second kappa shape index (κ2) is 5.25. The fraction of sp³-hybridized carbons (Fsp3) is 0.412. The van der Waals surface area contributed by atoms with E-state index in [0.29, 0.717) is 6.54 Å². The molecule has 1 aromatic rings. The fourth-order valence-electron chi connectivity index (χ4n) is 2.56. The van der Waals surface area contributed by atoms with Gasteiger partial charge in [-0.1, -0.05) is 36.3 Å². The summed E-state index contributed by atoms with van der Waals surface area (Å²) in [6.07, 6.45) is 5.81. The maximum Gasteiger partial charge on any atom is 0.253 e.